The highest BCUT2D eigenvalue weighted by atomic mass is 19.1. The molecule has 4 heteroatoms. The van der Waals surface area contributed by atoms with Gasteiger partial charge in [-0.25, -0.2) is 4.39 Å². The Morgan fingerprint density at radius 2 is 2.00 bits per heavy atom. The van der Waals surface area contributed by atoms with Gasteiger partial charge in [-0.3, -0.25) is 4.79 Å². The van der Waals surface area contributed by atoms with E-state index in [-0.39, 0.29) is 24.6 Å². The van der Waals surface area contributed by atoms with Crippen LogP contribution in [0, 0.1) is 5.82 Å². The Hall–Kier alpha value is -1.71. The largest absolute Gasteiger partial charge is 0.481 e. The van der Waals surface area contributed by atoms with Crippen molar-refractivity contribution in [1.82, 2.24) is 0 Å². The fourth-order valence-electron chi connectivity index (χ4n) is 1.40. The van der Waals surface area contributed by atoms with E-state index in [9.17, 15) is 14.0 Å². The lowest BCUT2D eigenvalue weighted by Crippen LogP contribution is -2.07. The Morgan fingerprint density at radius 3 is 2.47 bits per heavy atom. The first kappa shape index (κ1) is 11.4. The number of carbonyl (C=O) groups excluding carboxylic acids is 1. The molecule has 0 saturated heterocycles. The van der Waals surface area contributed by atoms with Crippen molar-refractivity contribution in [3.63, 3.8) is 0 Å². The summed E-state index contributed by atoms with van der Waals surface area (Å²) < 4.78 is 12.6. The zero-order valence-electron chi connectivity index (χ0n) is 8.02. The van der Waals surface area contributed by atoms with Crippen LogP contribution in [0.4, 0.5) is 4.39 Å². The summed E-state index contributed by atoms with van der Waals surface area (Å²) in [5.74, 6) is -1.72. The maximum atomic E-state index is 12.6. The molecule has 3 nitrogen and oxygen atoms in total. The lowest BCUT2D eigenvalue weighted by molar-refractivity contribution is -0.137. The van der Waals surface area contributed by atoms with E-state index in [2.05, 4.69) is 0 Å². The van der Waals surface area contributed by atoms with E-state index < -0.39 is 5.97 Å². The van der Waals surface area contributed by atoms with Crippen LogP contribution in [0.15, 0.2) is 24.3 Å². The molecule has 0 fully saturated rings. The van der Waals surface area contributed by atoms with Gasteiger partial charge in [-0.1, -0.05) is 12.1 Å². The van der Waals surface area contributed by atoms with Crippen molar-refractivity contribution in [2.45, 2.75) is 18.8 Å². The number of aliphatic carboxylic acids is 1. The summed E-state index contributed by atoms with van der Waals surface area (Å²) in [6.07, 6.45) is 0.694. The average Bonchev–Trinajstić information content (AvgIpc) is 2.17. The van der Waals surface area contributed by atoms with Crippen LogP contribution in [0.3, 0.4) is 0 Å². The van der Waals surface area contributed by atoms with Crippen molar-refractivity contribution < 1.29 is 19.1 Å². The smallest absolute Gasteiger partial charge is 0.303 e. The molecule has 1 aromatic rings. The number of benzene rings is 1. The summed E-state index contributed by atoms with van der Waals surface area (Å²) in [5, 5.41) is 8.64. The molecule has 1 rings (SSSR count). The lowest BCUT2D eigenvalue weighted by Gasteiger charge is -2.11. The van der Waals surface area contributed by atoms with Crippen LogP contribution < -0.4 is 0 Å². The van der Waals surface area contributed by atoms with Crippen LogP contribution in [0.5, 0.6) is 0 Å². The maximum absolute atomic E-state index is 12.6. The van der Waals surface area contributed by atoms with Crippen LogP contribution >= 0.6 is 0 Å². The standard InChI is InChI=1S/C11H11FO3/c12-10-3-1-8(2-4-10)9(5-6-13)7-11(14)15/h1-4,6,9H,5,7H2,(H,14,15). The van der Waals surface area contributed by atoms with Crippen molar-refractivity contribution in [1.29, 1.82) is 0 Å². The van der Waals surface area contributed by atoms with Crippen LogP contribution in [0.2, 0.25) is 0 Å². The fourth-order valence-corrected chi connectivity index (χ4v) is 1.40. The third kappa shape index (κ3) is 3.50. The van der Waals surface area contributed by atoms with Crippen molar-refractivity contribution in [2.24, 2.45) is 0 Å². The minimum absolute atomic E-state index is 0.121. The van der Waals surface area contributed by atoms with Gasteiger partial charge < -0.3 is 9.90 Å². The zero-order chi connectivity index (χ0) is 11.3. The van der Waals surface area contributed by atoms with Gasteiger partial charge in [0.25, 0.3) is 0 Å². The Bertz CT molecular complexity index is 345. The molecular weight excluding hydrogens is 199 g/mol. The van der Waals surface area contributed by atoms with Gasteiger partial charge in [0.2, 0.25) is 0 Å². The summed E-state index contributed by atoms with van der Waals surface area (Å²) in [4.78, 5) is 20.9. The first-order valence-corrected chi connectivity index (χ1v) is 4.54. The molecular formula is C11H11FO3. The highest BCUT2D eigenvalue weighted by Gasteiger charge is 2.14. The van der Waals surface area contributed by atoms with E-state index in [0.29, 0.717) is 11.8 Å². The molecule has 1 unspecified atom stereocenters. The number of hydrogen-bond donors (Lipinski definition) is 1. The molecule has 0 bridgehead atoms. The van der Waals surface area contributed by atoms with Crippen LogP contribution in [-0.4, -0.2) is 17.4 Å². The molecule has 80 valence electrons. The summed E-state index contributed by atoms with van der Waals surface area (Å²) in [6.45, 7) is 0. The Kier molecular flexibility index (Phi) is 3.97. The van der Waals surface area contributed by atoms with Gasteiger partial charge in [0.15, 0.2) is 0 Å². The summed E-state index contributed by atoms with van der Waals surface area (Å²) >= 11 is 0. The van der Waals surface area contributed by atoms with E-state index >= 15 is 0 Å². The minimum Gasteiger partial charge on any atom is -0.481 e. The van der Waals surface area contributed by atoms with Gasteiger partial charge >= 0.3 is 5.97 Å². The normalized spacial score (nSPS) is 12.1. The Labute approximate surface area is 86.5 Å². The summed E-state index contributed by atoms with van der Waals surface area (Å²) in [6, 6.07) is 5.53. The number of rotatable bonds is 5. The minimum atomic E-state index is -0.967. The third-order valence-corrected chi connectivity index (χ3v) is 2.14. The van der Waals surface area contributed by atoms with Crippen molar-refractivity contribution in [2.75, 3.05) is 0 Å². The molecule has 0 radical (unpaired) electrons. The summed E-state index contributed by atoms with van der Waals surface area (Å²) in [5.41, 5.74) is 0.672. The molecule has 1 aromatic carbocycles. The lowest BCUT2D eigenvalue weighted by atomic mass is 9.93. The first-order chi connectivity index (χ1) is 7.13. The van der Waals surface area contributed by atoms with Gasteiger partial charge in [-0.05, 0) is 17.7 Å². The third-order valence-electron chi connectivity index (χ3n) is 2.14. The summed E-state index contributed by atoms with van der Waals surface area (Å²) in [7, 11) is 0. The van der Waals surface area contributed by atoms with E-state index in [1.165, 1.54) is 24.3 Å². The molecule has 0 aliphatic rings. The maximum Gasteiger partial charge on any atom is 0.303 e. The van der Waals surface area contributed by atoms with Gasteiger partial charge in [-0.2, -0.15) is 0 Å². The van der Waals surface area contributed by atoms with E-state index in [4.69, 9.17) is 5.11 Å². The Morgan fingerprint density at radius 1 is 1.40 bits per heavy atom. The number of aldehydes is 1. The predicted molar refractivity (Wildman–Crippen MR) is 52.1 cm³/mol. The quantitative estimate of drug-likeness (QED) is 0.756. The number of carboxylic acids is 1. The SMILES string of the molecule is O=CCC(CC(=O)O)c1ccc(F)cc1. The number of hydrogen-bond acceptors (Lipinski definition) is 2. The van der Waals surface area contributed by atoms with Gasteiger partial charge in [0, 0.05) is 12.3 Å². The predicted octanol–water partition coefficient (Wildman–Crippen LogP) is 1.97. The molecule has 0 heterocycles. The topological polar surface area (TPSA) is 54.4 Å². The van der Waals surface area contributed by atoms with Crippen molar-refractivity contribution in [3.05, 3.63) is 35.6 Å². The molecule has 0 saturated carbocycles. The van der Waals surface area contributed by atoms with E-state index in [1.807, 2.05) is 0 Å². The second-order valence-corrected chi connectivity index (χ2v) is 3.25. The molecule has 0 aromatic heterocycles. The Balaban J connectivity index is 2.83. The zero-order valence-corrected chi connectivity index (χ0v) is 8.02. The molecule has 0 spiro atoms. The number of carbonyl (C=O) groups is 2. The molecule has 0 amide bonds. The monoisotopic (exact) mass is 210 g/mol. The van der Waals surface area contributed by atoms with Gasteiger partial charge in [0.05, 0.1) is 6.42 Å². The van der Waals surface area contributed by atoms with Crippen LogP contribution in [0.1, 0.15) is 24.3 Å². The fraction of sp³-hybridized carbons (Fsp3) is 0.273. The number of halogens is 1. The van der Waals surface area contributed by atoms with Crippen LogP contribution in [-0.2, 0) is 9.59 Å². The second-order valence-electron chi connectivity index (χ2n) is 3.25. The molecule has 15 heavy (non-hydrogen) atoms. The number of carboxylic acid groups (broad SMARTS) is 1. The molecule has 0 aliphatic heterocycles. The van der Waals surface area contributed by atoms with E-state index in [1.54, 1.807) is 0 Å². The van der Waals surface area contributed by atoms with E-state index in [0.717, 1.165) is 0 Å². The van der Waals surface area contributed by atoms with Gasteiger partial charge in [-0.15, -0.1) is 0 Å². The molecule has 1 atom stereocenters. The molecule has 1 N–H and O–H groups in total. The molecule has 0 aliphatic carbocycles. The van der Waals surface area contributed by atoms with Gasteiger partial charge in [0.1, 0.15) is 12.1 Å². The van der Waals surface area contributed by atoms with Crippen molar-refractivity contribution in [3.8, 4) is 0 Å². The van der Waals surface area contributed by atoms with Crippen molar-refractivity contribution >= 4 is 12.3 Å². The average molecular weight is 210 g/mol. The first-order valence-electron chi connectivity index (χ1n) is 4.54. The highest BCUT2D eigenvalue weighted by molar-refractivity contribution is 5.69. The van der Waals surface area contributed by atoms with Crippen LogP contribution in [0.25, 0.3) is 0 Å². The second kappa shape index (κ2) is 5.24. The highest BCUT2D eigenvalue weighted by Crippen LogP contribution is 2.22.